The van der Waals surface area contributed by atoms with Crippen molar-refractivity contribution in [1.29, 1.82) is 0 Å². The summed E-state index contributed by atoms with van der Waals surface area (Å²) in [6, 6.07) is 14.1. The van der Waals surface area contributed by atoms with Gasteiger partial charge in [0.15, 0.2) is 5.82 Å². The summed E-state index contributed by atoms with van der Waals surface area (Å²) < 4.78 is 38.5. The van der Waals surface area contributed by atoms with Gasteiger partial charge in [0, 0.05) is 29.9 Å². The predicted octanol–water partition coefficient (Wildman–Crippen LogP) is 4.67. The number of nitrogens with one attached hydrogen (secondary N) is 2. The van der Waals surface area contributed by atoms with Gasteiger partial charge in [0.1, 0.15) is 5.82 Å². The van der Waals surface area contributed by atoms with E-state index in [1.54, 1.807) is 42.6 Å². The molecule has 2 N–H and O–H groups in total. The maximum atomic E-state index is 12.8. The third kappa shape index (κ3) is 4.94. The number of nitrogens with zero attached hydrogens (tertiary/aromatic N) is 2. The number of halogens is 3. The molecule has 1 saturated carbocycles. The molecule has 8 heteroatoms. The number of carbonyl (C=O) groups excluding carboxylic acids is 1. The number of rotatable bonds is 6. The fourth-order valence-electron chi connectivity index (χ4n) is 2.91. The molecule has 1 heterocycles. The van der Waals surface area contributed by atoms with E-state index < -0.39 is 11.7 Å². The monoisotopic (exact) mass is 412 g/mol. The number of aromatic nitrogens is 2. The van der Waals surface area contributed by atoms with Crippen molar-refractivity contribution in [1.82, 2.24) is 15.3 Å². The minimum absolute atomic E-state index is 0.0959. The molecule has 0 unspecified atom stereocenters. The summed E-state index contributed by atoms with van der Waals surface area (Å²) >= 11 is 0. The fourth-order valence-corrected chi connectivity index (χ4v) is 2.91. The molecule has 154 valence electrons. The van der Waals surface area contributed by atoms with E-state index in [2.05, 4.69) is 20.6 Å². The first-order valence-electron chi connectivity index (χ1n) is 9.53. The maximum Gasteiger partial charge on any atom is 0.416 e. The van der Waals surface area contributed by atoms with Crippen molar-refractivity contribution in [3.8, 4) is 11.4 Å². The number of alkyl halides is 3. The topological polar surface area (TPSA) is 66.9 Å². The number of hydrogen-bond donors (Lipinski definition) is 2. The number of hydrogen-bond acceptors (Lipinski definition) is 4. The first-order chi connectivity index (χ1) is 14.4. The summed E-state index contributed by atoms with van der Waals surface area (Å²) in [6.45, 7) is 0.195. The molecule has 4 rings (SSSR count). The van der Waals surface area contributed by atoms with Gasteiger partial charge in [-0.2, -0.15) is 13.2 Å². The molecule has 3 aromatic rings. The van der Waals surface area contributed by atoms with Gasteiger partial charge in [0.2, 0.25) is 0 Å². The van der Waals surface area contributed by atoms with Gasteiger partial charge in [-0.3, -0.25) is 4.79 Å². The molecule has 0 atom stereocenters. The highest BCUT2D eigenvalue weighted by atomic mass is 19.4. The molecule has 0 spiro atoms. The van der Waals surface area contributed by atoms with Gasteiger partial charge >= 0.3 is 6.18 Å². The Bertz CT molecular complexity index is 1050. The van der Waals surface area contributed by atoms with E-state index in [0.29, 0.717) is 28.8 Å². The van der Waals surface area contributed by atoms with Crippen molar-refractivity contribution in [2.45, 2.75) is 31.6 Å². The minimum atomic E-state index is -4.38. The van der Waals surface area contributed by atoms with Gasteiger partial charge in [-0.05, 0) is 48.7 Å². The van der Waals surface area contributed by atoms with E-state index in [9.17, 15) is 18.0 Å². The Labute approximate surface area is 171 Å². The van der Waals surface area contributed by atoms with Crippen LogP contribution in [-0.2, 0) is 12.7 Å². The highest BCUT2D eigenvalue weighted by Gasteiger charge is 2.30. The summed E-state index contributed by atoms with van der Waals surface area (Å²) in [5.41, 5.74) is 1.12. The lowest BCUT2D eigenvalue weighted by Crippen LogP contribution is -2.25. The summed E-state index contributed by atoms with van der Waals surface area (Å²) in [4.78, 5) is 20.7. The largest absolute Gasteiger partial charge is 0.416 e. The van der Waals surface area contributed by atoms with Crippen LogP contribution >= 0.6 is 0 Å². The quantitative estimate of drug-likeness (QED) is 0.618. The zero-order valence-corrected chi connectivity index (χ0v) is 15.9. The molecule has 1 amide bonds. The van der Waals surface area contributed by atoms with Crippen LogP contribution < -0.4 is 10.6 Å². The first kappa shape index (κ1) is 19.9. The van der Waals surface area contributed by atoms with Gasteiger partial charge in [0.25, 0.3) is 5.91 Å². The van der Waals surface area contributed by atoms with Crippen LogP contribution in [0.3, 0.4) is 0 Å². The smallest absolute Gasteiger partial charge is 0.366 e. The number of carbonyl (C=O) groups is 1. The Balaban J connectivity index is 1.43. The third-order valence-electron chi connectivity index (χ3n) is 4.70. The van der Waals surface area contributed by atoms with Gasteiger partial charge in [0.05, 0.1) is 5.56 Å². The normalized spacial score (nSPS) is 13.7. The molecule has 1 fully saturated rings. The second-order valence-corrected chi connectivity index (χ2v) is 7.14. The molecule has 1 aliphatic rings. The van der Waals surface area contributed by atoms with Crippen molar-refractivity contribution in [2.75, 3.05) is 5.32 Å². The first-order valence-corrected chi connectivity index (χ1v) is 9.53. The van der Waals surface area contributed by atoms with Crippen molar-refractivity contribution in [3.05, 3.63) is 77.5 Å². The lowest BCUT2D eigenvalue weighted by molar-refractivity contribution is -0.137. The van der Waals surface area contributed by atoms with Crippen molar-refractivity contribution in [2.24, 2.45) is 0 Å². The van der Waals surface area contributed by atoms with Crippen LogP contribution in [-0.4, -0.2) is 21.9 Å². The number of anilines is 1. The van der Waals surface area contributed by atoms with E-state index in [1.807, 2.05) is 0 Å². The van der Waals surface area contributed by atoms with E-state index in [0.717, 1.165) is 30.5 Å². The summed E-state index contributed by atoms with van der Waals surface area (Å²) in [5.74, 6) is 0.854. The second kappa shape index (κ2) is 8.14. The van der Waals surface area contributed by atoms with E-state index in [4.69, 9.17) is 0 Å². The number of amides is 1. The van der Waals surface area contributed by atoms with Gasteiger partial charge < -0.3 is 10.6 Å². The molecular formula is C22H19F3N4O. The summed E-state index contributed by atoms with van der Waals surface area (Å²) in [6.07, 6.45) is -0.750. The minimum Gasteiger partial charge on any atom is -0.366 e. The highest BCUT2D eigenvalue weighted by Crippen LogP contribution is 2.29. The summed E-state index contributed by atoms with van der Waals surface area (Å²) in [5, 5.41) is 5.96. The molecule has 5 nitrogen and oxygen atoms in total. The van der Waals surface area contributed by atoms with E-state index >= 15 is 0 Å². The molecule has 2 aromatic carbocycles. The van der Waals surface area contributed by atoms with Gasteiger partial charge in [-0.15, -0.1) is 0 Å². The van der Waals surface area contributed by atoms with E-state index in [-0.39, 0.29) is 12.5 Å². The lowest BCUT2D eigenvalue weighted by atomic mass is 10.1. The van der Waals surface area contributed by atoms with Crippen LogP contribution in [0, 0.1) is 0 Å². The highest BCUT2D eigenvalue weighted by molar-refractivity contribution is 5.94. The van der Waals surface area contributed by atoms with Gasteiger partial charge in [-0.25, -0.2) is 9.97 Å². The average Bonchev–Trinajstić information content (AvgIpc) is 3.56. The van der Waals surface area contributed by atoms with Crippen LogP contribution in [0.15, 0.2) is 60.8 Å². The fraction of sp³-hybridized carbons (Fsp3) is 0.227. The van der Waals surface area contributed by atoms with Crippen LogP contribution in [0.5, 0.6) is 0 Å². The molecule has 0 radical (unpaired) electrons. The second-order valence-electron chi connectivity index (χ2n) is 7.14. The van der Waals surface area contributed by atoms with Crippen molar-refractivity contribution >= 4 is 11.7 Å². The Morgan fingerprint density at radius 1 is 1.07 bits per heavy atom. The number of benzene rings is 2. The van der Waals surface area contributed by atoms with Crippen LogP contribution in [0.4, 0.5) is 19.0 Å². The molecule has 0 bridgehead atoms. The molecule has 1 aliphatic carbocycles. The van der Waals surface area contributed by atoms with E-state index in [1.165, 1.54) is 6.07 Å². The third-order valence-corrected chi connectivity index (χ3v) is 4.70. The average molecular weight is 412 g/mol. The Morgan fingerprint density at radius 2 is 1.83 bits per heavy atom. The Kier molecular flexibility index (Phi) is 5.39. The molecule has 0 saturated heterocycles. The van der Waals surface area contributed by atoms with Crippen LogP contribution in [0.1, 0.15) is 34.3 Å². The molecule has 0 aliphatic heterocycles. The summed E-state index contributed by atoms with van der Waals surface area (Å²) in [7, 11) is 0. The predicted molar refractivity (Wildman–Crippen MR) is 107 cm³/mol. The van der Waals surface area contributed by atoms with Crippen LogP contribution in [0.25, 0.3) is 11.4 Å². The van der Waals surface area contributed by atoms with Crippen LogP contribution in [0.2, 0.25) is 0 Å². The molecular weight excluding hydrogens is 393 g/mol. The Hall–Kier alpha value is -3.42. The van der Waals surface area contributed by atoms with Gasteiger partial charge in [-0.1, -0.05) is 24.3 Å². The standard InChI is InChI=1S/C22H19F3N4O/c23-22(24,25)17-3-1-2-14(12-17)13-27-19-10-11-26-20(29-19)15-4-6-16(7-5-15)21(30)28-18-8-9-18/h1-7,10-12,18H,8-9,13H2,(H,28,30)(H,26,27,29). The molecule has 1 aromatic heterocycles. The lowest BCUT2D eigenvalue weighted by Gasteiger charge is -2.10. The zero-order valence-electron chi connectivity index (χ0n) is 15.9. The SMILES string of the molecule is O=C(NC1CC1)c1ccc(-c2nccc(NCc3cccc(C(F)(F)F)c3)n2)cc1. The molecule has 30 heavy (non-hydrogen) atoms. The Morgan fingerprint density at radius 3 is 2.53 bits per heavy atom. The maximum absolute atomic E-state index is 12.8. The zero-order chi connectivity index (χ0) is 21.1. The van der Waals surface area contributed by atoms with Crippen molar-refractivity contribution in [3.63, 3.8) is 0 Å². The van der Waals surface area contributed by atoms with Crippen molar-refractivity contribution < 1.29 is 18.0 Å².